The van der Waals surface area contributed by atoms with E-state index < -0.39 is 0 Å². The lowest BCUT2D eigenvalue weighted by molar-refractivity contribution is 0.560. The van der Waals surface area contributed by atoms with E-state index in [4.69, 9.17) is 5.26 Å². The van der Waals surface area contributed by atoms with Crippen molar-refractivity contribution in [2.45, 2.75) is 40.0 Å². The molecule has 0 amide bonds. The third-order valence-electron chi connectivity index (χ3n) is 4.23. The lowest BCUT2D eigenvalue weighted by Crippen LogP contribution is -2.04. The molecule has 1 aromatic rings. The number of hydrogen-bond donors (Lipinski definition) is 0. The van der Waals surface area contributed by atoms with Gasteiger partial charge in [-0.3, -0.25) is 0 Å². The topological polar surface area (TPSA) is 23.8 Å². The van der Waals surface area contributed by atoms with Gasteiger partial charge in [-0.1, -0.05) is 57.5 Å². The molecule has 104 valence electrons. The molecule has 0 saturated carbocycles. The summed E-state index contributed by atoms with van der Waals surface area (Å²) in [6.07, 6.45) is 7.31. The van der Waals surface area contributed by atoms with Gasteiger partial charge in [0, 0.05) is 5.57 Å². The van der Waals surface area contributed by atoms with Crippen LogP contribution in [-0.2, 0) is 6.42 Å². The van der Waals surface area contributed by atoms with E-state index in [0.717, 1.165) is 24.3 Å². The van der Waals surface area contributed by atoms with E-state index in [9.17, 15) is 0 Å². The summed E-state index contributed by atoms with van der Waals surface area (Å²) in [4.78, 5) is 0. The Balaban J connectivity index is 2.16. The second-order valence-electron chi connectivity index (χ2n) is 5.95. The highest BCUT2D eigenvalue weighted by Crippen LogP contribution is 2.32. The van der Waals surface area contributed by atoms with Crippen LogP contribution in [0.25, 0.3) is 5.57 Å². The summed E-state index contributed by atoms with van der Waals surface area (Å²) in [6.45, 7) is 6.74. The maximum atomic E-state index is 8.96. The molecule has 20 heavy (non-hydrogen) atoms. The van der Waals surface area contributed by atoms with Gasteiger partial charge in [-0.15, -0.1) is 0 Å². The van der Waals surface area contributed by atoms with Crippen molar-refractivity contribution in [1.82, 2.24) is 0 Å². The average molecular weight is 265 g/mol. The van der Waals surface area contributed by atoms with Crippen molar-refractivity contribution in [1.29, 1.82) is 5.26 Å². The number of nitrogens with zero attached hydrogens (tertiary/aromatic N) is 1. The van der Waals surface area contributed by atoms with E-state index in [1.54, 1.807) is 0 Å². The Labute approximate surface area is 122 Å². The Kier molecular flexibility index (Phi) is 4.79. The first kappa shape index (κ1) is 14.6. The summed E-state index contributed by atoms with van der Waals surface area (Å²) in [5.41, 5.74) is 4.94. The molecule has 2 rings (SSSR count). The van der Waals surface area contributed by atoms with Gasteiger partial charge in [-0.05, 0) is 47.5 Å². The molecule has 1 nitrogen and oxygen atoms in total. The minimum absolute atomic E-state index is 0.426. The fourth-order valence-corrected chi connectivity index (χ4v) is 2.71. The van der Waals surface area contributed by atoms with Crippen molar-refractivity contribution in [2.24, 2.45) is 11.8 Å². The smallest absolute Gasteiger partial charge is 0.0947 e. The molecule has 0 aliphatic heterocycles. The van der Waals surface area contributed by atoms with Crippen LogP contribution in [-0.4, -0.2) is 0 Å². The van der Waals surface area contributed by atoms with Crippen LogP contribution < -0.4 is 0 Å². The van der Waals surface area contributed by atoms with Gasteiger partial charge in [-0.25, -0.2) is 0 Å². The summed E-state index contributed by atoms with van der Waals surface area (Å²) < 4.78 is 0. The van der Waals surface area contributed by atoms with Crippen LogP contribution in [0.2, 0.25) is 0 Å². The lowest BCUT2D eigenvalue weighted by Gasteiger charge is -2.19. The highest BCUT2D eigenvalue weighted by atomic mass is 14.3. The zero-order chi connectivity index (χ0) is 14.5. The van der Waals surface area contributed by atoms with Crippen molar-refractivity contribution in [3.8, 4) is 6.07 Å². The number of hydrogen-bond acceptors (Lipinski definition) is 1. The molecule has 0 fully saturated rings. The standard InChI is InChI=1S/C19H23N/c1-4-14(2)11-16-5-8-18(9-6-16)19-10-7-17(13-20)12-15(19)3/h5-10,14-15H,4,11-12H2,1-3H3. The summed E-state index contributed by atoms with van der Waals surface area (Å²) in [7, 11) is 0. The van der Waals surface area contributed by atoms with Gasteiger partial charge in [0.15, 0.2) is 0 Å². The third kappa shape index (κ3) is 3.39. The Morgan fingerprint density at radius 3 is 2.50 bits per heavy atom. The number of nitriles is 1. The van der Waals surface area contributed by atoms with E-state index in [1.165, 1.54) is 23.1 Å². The van der Waals surface area contributed by atoms with Crippen LogP contribution >= 0.6 is 0 Å². The molecular formula is C19H23N. The Bertz CT molecular complexity index is 554. The van der Waals surface area contributed by atoms with E-state index in [2.05, 4.69) is 57.2 Å². The fraction of sp³-hybridized carbons (Fsp3) is 0.421. The first-order valence-electron chi connectivity index (χ1n) is 7.54. The highest BCUT2D eigenvalue weighted by molar-refractivity contribution is 5.71. The number of benzene rings is 1. The number of allylic oxidation sites excluding steroid dienone is 4. The summed E-state index contributed by atoms with van der Waals surface area (Å²) in [5.74, 6) is 1.17. The SMILES string of the molecule is CCC(C)Cc1ccc(C2=CC=C(C#N)CC2C)cc1. The first-order chi connectivity index (χ1) is 9.63. The Morgan fingerprint density at radius 1 is 1.25 bits per heavy atom. The average Bonchev–Trinajstić information content (AvgIpc) is 2.48. The molecule has 1 aliphatic carbocycles. The summed E-state index contributed by atoms with van der Waals surface area (Å²) >= 11 is 0. The molecule has 1 heteroatoms. The third-order valence-corrected chi connectivity index (χ3v) is 4.23. The maximum absolute atomic E-state index is 8.96. The largest absolute Gasteiger partial charge is 0.193 e. The second kappa shape index (κ2) is 6.57. The van der Waals surface area contributed by atoms with Crippen molar-refractivity contribution in [3.05, 3.63) is 53.1 Å². The van der Waals surface area contributed by atoms with Gasteiger partial charge in [0.1, 0.15) is 0 Å². The van der Waals surface area contributed by atoms with Crippen LogP contribution in [0, 0.1) is 23.2 Å². The first-order valence-corrected chi connectivity index (χ1v) is 7.54. The minimum Gasteiger partial charge on any atom is -0.193 e. The van der Waals surface area contributed by atoms with Gasteiger partial charge in [0.25, 0.3) is 0 Å². The normalized spacial score (nSPS) is 19.8. The Hall–Kier alpha value is -1.81. The van der Waals surface area contributed by atoms with E-state index in [1.807, 2.05) is 6.08 Å². The maximum Gasteiger partial charge on any atom is 0.0947 e. The molecule has 0 heterocycles. The molecule has 2 unspecified atom stereocenters. The van der Waals surface area contributed by atoms with Crippen LogP contribution in [0.15, 0.2) is 42.0 Å². The fourth-order valence-electron chi connectivity index (χ4n) is 2.71. The molecule has 0 N–H and O–H groups in total. The van der Waals surface area contributed by atoms with Crippen molar-refractivity contribution in [2.75, 3.05) is 0 Å². The lowest BCUT2D eigenvalue weighted by atomic mass is 9.84. The minimum atomic E-state index is 0.426. The van der Waals surface area contributed by atoms with E-state index in [-0.39, 0.29) is 0 Å². The van der Waals surface area contributed by atoms with E-state index >= 15 is 0 Å². The summed E-state index contributed by atoms with van der Waals surface area (Å²) in [5, 5.41) is 8.96. The van der Waals surface area contributed by atoms with Gasteiger partial charge >= 0.3 is 0 Å². The predicted octanol–water partition coefficient (Wildman–Crippen LogP) is 5.15. The van der Waals surface area contributed by atoms with Crippen molar-refractivity contribution < 1.29 is 0 Å². The molecule has 0 aromatic heterocycles. The highest BCUT2D eigenvalue weighted by Gasteiger charge is 2.16. The molecular weight excluding hydrogens is 242 g/mol. The molecule has 0 saturated heterocycles. The quantitative estimate of drug-likeness (QED) is 0.738. The van der Waals surface area contributed by atoms with Gasteiger partial charge < -0.3 is 0 Å². The van der Waals surface area contributed by atoms with E-state index in [0.29, 0.717) is 5.92 Å². The molecule has 1 aliphatic rings. The zero-order valence-electron chi connectivity index (χ0n) is 12.7. The van der Waals surface area contributed by atoms with Gasteiger partial charge in [0.2, 0.25) is 0 Å². The molecule has 2 atom stereocenters. The van der Waals surface area contributed by atoms with Crippen molar-refractivity contribution >= 4 is 5.57 Å². The van der Waals surface area contributed by atoms with Crippen LogP contribution in [0.3, 0.4) is 0 Å². The van der Waals surface area contributed by atoms with Crippen LogP contribution in [0.1, 0.15) is 44.7 Å². The monoisotopic (exact) mass is 265 g/mol. The van der Waals surface area contributed by atoms with Gasteiger partial charge in [-0.2, -0.15) is 5.26 Å². The van der Waals surface area contributed by atoms with Crippen LogP contribution in [0.4, 0.5) is 0 Å². The molecule has 1 aromatic carbocycles. The predicted molar refractivity (Wildman–Crippen MR) is 85.1 cm³/mol. The second-order valence-corrected chi connectivity index (χ2v) is 5.95. The molecule has 0 bridgehead atoms. The Morgan fingerprint density at radius 2 is 1.95 bits per heavy atom. The van der Waals surface area contributed by atoms with Gasteiger partial charge in [0.05, 0.1) is 6.07 Å². The van der Waals surface area contributed by atoms with Crippen molar-refractivity contribution in [3.63, 3.8) is 0 Å². The molecule has 0 radical (unpaired) electrons. The number of rotatable bonds is 4. The zero-order valence-corrected chi connectivity index (χ0v) is 12.7. The molecule has 0 spiro atoms. The summed E-state index contributed by atoms with van der Waals surface area (Å²) in [6, 6.07) is 11.2. The van der Waals surface area contributed by atoms with Crippen LogP contribution in [0.5, 0.6) is 0 Å².